The van der Waals surface area contributed by atoms with E-state index in [0.717, 1.165) is 16.9 Å². The summed E-state index contributed by atoms with van der Waals surface area (Å²) in [6.07, 6.45) is 0. The van der Waals surface area contributed by atoms with Crippen LogP contribution in [0.15, 0.2) is 23.4 Å². The van der Waals surface area contributed by atoms with E-state index in [9.17, 15) is 4.79 Å². The standard InChI is InChI=1S/C15H19N3O3S/c1-10-5-6-11(2)12(7-10)21-8-13-16-17-15(18(13)3)22-9-14(19)20-4/h5-7H,8-9H2,1-4H3. The molecular formula is C15H19N3O3S. The number of hydrogen-bond donors (Lipinski definition) is 0. The molecule has 6 nitrogen and oxygen atoms in total. The Kier molecular flexibility index (Phi) is 5.43. The number of aromatic nitrogens is 3. The number of nitrogens with zero attached hydrogens (tertiary/aromatic N) is 3. The maximum atomic E-state index is 11.2. The van der Waals surface area contributed by atoms with Gasteiger partial charge in [0.1, 0.15) is 12.4 Å². The topological polar surface area (TPSA) is 66.2 Å². The van der Waals surface area contributed by atoms with E-state index in [-0.39, 0.29) is 11.7 Å². The van der Waals surface area contributed by atoms with Crippen LogP contribution in [0.1, 0.15) is 17.0 Å². The van der Waals surface area contributed by atoms with Crippen LogP contribution in [0.5, 0.6) is 5.75 Å². The number of thioether (sulfide) groups is 1. The largest absolute Gasteiger partial charge is 0.485 e. The molecule has 0 saturated carbocycles. The number of methoxy groups -OCH3 is 1. The molecule has 118 valence electrons. The van der Waals surface area contributed by atoms with E-state index in [1.165, 1.54) is 18.9 Å². The molecule has 2 aromatic rings. The lowest BCUT2D eigenvalue weighted by Gasteiger charge is -2.09. The molecule has 0 fully saturated rings. The molecule has 0 aliphatic heterocycles. The van der Waals surface area contributed by atoms with Crippen LogP contribution in [0.25, 0.3) is 0 Å². The average Bonchev–Trinajstić information content (AvgIpc) is 2.86. The van der Waals surface area contributed by atoms with Crippen molar-refractivity contribution in [3.63, 3.8) is 0 Å². The third-order valence-corrected chi connectivity index (χ3v) is 4.17. The van der Waals surface area contributed by atoms with Gasteiger partial charge < -0.3 is 14.0 Å². The van der Waals surface area contributed by atoms with Crippen molar-refractivity contribution >= 4 is 17.7 Å². The van der Waals surface area contributed by atoms with Gasteiger partial charge >= 0.3 is 5.97 Å². The number of ether oxygens (including phenoxy) is 2. The highest BCUT2D eigenvalue weighted by Crippen LogP contribution is 2.21. The van der Waals surface area contributed by atoms with Crippen LogP contribution in [0, 0.1) is 13.8 Å². The van der Waals surface area contributed by atoms with Crippen molar-refractivity contribution in [1.29, 1.82) is 0 Å². The minimum absolute atomic E-state index is 0.209. The van der Waals surface area contributed by atoms with Crippen LogP contribution < -0.4 is 4.74 Å². The zero-order chi connectivity index (χ0) is 16.1. The van der Waals surface area contributed by atoms with Crippen LogP contribution >= 0.6 is 11.8 Å². The Morgan fingerprint density at radius 2 is 2.09 bits per heavy atom. The molecule has 7 heteroatoms. The SMILES string of the molecule is COC(=O)CSc1nnc(COc2cc(C)ccc2C)n1C. The molecule has 0 spiro atoms. The maximum absolute atomic E-state index is 11.2. The van der Waals surface area contributed by atoms with E-state index >= 15 is 0 Å². The summed E-state index contributed by atoms with van der Waals surface area (Å²) in [7, 11) is 3.21. The van der Waals surface area contributed by atoms with Crippen molar-refractivity contribution in [3.8, 4) is 5.75 Å². The predicted molar refractivity (Wildman–Crippen MR) is 84.0 cm³/mol. The lowest BCUT2D eigenvalue weighted by atomic mass is 10.1. The Morgan fingerprint density at radius 3 is 2.82 bits per heavy atom. The summed E-state index contributed by atoms with van der Waals surface area (Å²) in [5.41, 5.74) is 2.22. The van der Waals surface area contributed by atoms with E-state index in [2.05, 4.69) is 14.9 Å². The number of rotatable bonds is 6. The monoisotopic (exact) mass is 321 g/mol. The van der Waals surface area contributed by atoms with Gasteiger partial charge in [0.05, 0.1) is 12.9 Å². The molecular weight excluding hydrogens is 302 g/mol. The summed E-state index contributed by atoms with van der Waals surface area (Å²) in [5.74, 6) is 1.46. The second kappa shape index (κ2) is 7.31. The second-order valence-corrected chi connectivity index (χ2v) is 5.82. The highest BCUT2D eigenvalue weighted by Gasteiger charge is 2.12. The van der Waals surface area contributed by atoms with Crippen molar-refractivity contribution in [2.75, 3.05) is 12.9 Å². The molecule has 0 saturated heterocycles. The van der Waals surface area contributed by atoms with Gasteiger partial charge in [-0.3, -0.25) is 4.79 Å². The van der Waals surface area contributed by atoms with E-state index in [0.29, 0.717) is 17.6 Å². The quantitative estimate of drug-likeness (QED) is 0.601. The molecule has 1 aromatic carbocycles. The summed E-state index contributed by atoms with van der Waals surface area (Å²) in [4.78, 5) is 11.2. The van der Waals surface area contributed by atoms with Crippen molar-refractivity contribution in [1.82, 2.24) is 14.8 Å². The Hall–Kier alpha value is -2.02. The van der Waals surface area contributed by atoms with E-state index in [4.69, 9.17) is 4.74 Å². The summed E-state index contributed by atoms with van der Waals surface area (Å²) < 4.78 is 12.2. The number of carbonyl (C=O) groups excluding carboxylic acids is 1. The summed E-state index contributed by atoms with van der Waals surface area (Å²) in [6, 6.07) is 6.07. The van der Waals surface area contributed by atoms with Crippen molar-refractivity contribution in [2.45, 2.75) is 25.6 Å². The van der Waals surface area contributed by atoms with Crippen LogP contribution in [0.2, 0.25) is 0 Å². The van der Waals surface area contributed by atoms with Gasteiger partial charge in [-0.05, 0) is 31.0 Å². The van der Waals surface area contributed by atoms with E-state index in [1.807, 2.05) is 43.7 Å². The normalized spacial score (nSPS) is 10.5. The molecule has 22 heavy (non-hydrogen) atoms. The third-order valence-electron chi connectivity index (χ3n) is 3.17. The fourth-order valence-corrected chi connectivity index (χ4v) is 2.55. The number of benzene rings is 1. The molecule has 0 aliphatic rings. The highest BCUT2D eigenvalue weighted by atomic mass is 32.2. The van der Waals surface area contributed by atoms with E-state index in [1.54, 1.807) is 0 Å². The predicted octanol–water partition coefficient (Wildman–Crippen LogP) is 2.28. The number of aryl methyl sites for hydroxylation is 2. The number of hydrogen-bond acceptors (Lipinski definition) is 6. The fraction of sp³-hybridized carbons (Fsp3) is 0.400. The lowest BCUT2D eigenvalue weighted by Crippen LogP contribution is -2.07. The molecule has 1 heterocycles. The highest BCUT2D eigenvalue weighted by molar-refractivity contribution is 7.99. The first-order chi connectivity index (χ1) is 10.5. The molecule has 0 atom stereocenters. The van der Waals surface area contributed by atoms with Gasteiger partial charge in [-0.2, -0.15) is 0 Å². The smallest absolute Gasteiger partial charge is 0.316 e. The van der Waals surface area contributed by atoms with Crippen molar-refractivity contribution in [3.05, 3.63) is 35.2 Å². The molecule has 1 aromatic heterocycles. The van der Waals surface area contributed by atoms with Gasteiger partial charge in [0.25, 0.3) is 0 Å². The lowest BCUT2D eigenvalue weighted by molar-refractivity contribution is -0.137. The summed E-state index contributed by atoms with van der Waals surface area (Å²) in [5, 5.41) is 8.82. The Balaban J connectivity index is 2.00. The van der Waals surface area contributed by atoms with Crippen LogP contribution in [0.4, 0.5) is 0 Å². The number of carbonyl (C=O) groups is 1. The van der Waals surface area contributed by atoms with Gasteiger partial charge in [-0.25, -0.2) is 0 Å². The summed E-state index contributed by atoms with van der Waals surface area (Å²) >= 11 is 1.29. The minimum atomic E-state index is -0.291. The molecule has 0 bridgehead atoms. The summed E-state index contributed by atoms with van der Waals surface area (Å²) in [6.45, 7) is 4.35. The third kappa shape index (κ3) is 4.00. The molecule has 0 amide bonds. The van der Waals surface area contributed by atoms with Crippen molar-refractivity contribution in [2.24, 2.45) is 7.05 Å². The van der Waals surface area contributed by atoms with Gasteiger partial charge in [-0.1, -0.05) is 23.9 Å². The Bertz CT molecular complexity index is 670. The molecule has 2 rings (SSSR count). The van der Waals surface area contributed by atoms with Crippen LogP contribution in [0.3, 0.4) is 0 Å². The maximum Gasteiger partial charge on any atom is 0.316 e. The van der Waals surface area contributed by atoms with Crippen LogP contribution in [-0.2, 0) is 23.2 Å². The van der Waals surface area contributed by atoms with Gasteiger partial charge in [-0.15, -0.1) is 10.2 Å². The van der Waals surface area contributed by atoms with Crippen molar-refractivity contribution < 1.29 is 14.3 Å². The fourth-order valence-electron chi connectivity index (χ4n) is 1.78. The first kappa shape index (κ1) is 16.4. The van der Waals surface area contributed by atoms with Gasteiger partial charge in [0.15, 0.2) is 11.0 Å². The Labute approximate surface area is 133 Å². The van der Waals surface area contributed by atoms with Crippen LogP contribution in [-0.4, -0.2) is 33.6 Å². The zero-order valence-corrected chi connectivity index (χ0v) is 13.9. The molecule has 0 unspecified atom stereocenters. The van der Waals surface area contributed by atoms with Gasteiger partial charge in [0, 0.05) is 7.05 Å². The average molecular weight is 321 g/mol. The van der Waals surface area contributed by atoms with Gasteiger partial charge in [0.2, 0.25) is 0 Å². The Morgan fingerprint density at radius 1 is 1.32 bits per heavy atom. The minimum Gasteiger partial charge on any atom is -0.485 e. The second-order valence-electron chi connectivity index (χ2n) is 4.88. The first-order valence-electron chi connectivity index (χ1n) is 6.79. The molecule has 0 radical (unpaired) electrons. The van der Waals surface area contributed by atoms with E-state index < -0.39 is 0 Å². The first-order valence-corrected chi connectivity index (χ1v) is 7.77. The zero-order valence-electron chi connectivity index (χ0n) is 13.1. The number of esters is 1. The molecule has 0 N–H and O–H groups in total. The molecule has 0 aliphatic carbocycles.